The molecule has 0 saturated heterocycles. The van der Waals surface area contributed by atoms with E-state index in [2.05, 4.69) is 36.5 Å². The average molecular weight is 146 g/mol. The molecule has 1 atom stereocenters. The number of hydrogen-bond acceptors (Lipinski definition) is 0. The van der Waals surface area contributed by atoms with Crippen LogP contribution in [0.1, 0.15) is 24.0 Å². The van der Waals surface area contributed by atoms with Gasteiger partial charge in [0.15, 0.2) is 0 Å². The zero-order valence-corrected chi connectivity index (χ0v) is 6.75. The largest absolute Gasteiger partial charge is 0.236 e. The molecular formula is C10H12N. The van der Waals surface area contributed by atoms with Crippen molar-refractivity contribution in [2.75, 3.05) is 6.54 Å². The second-order valence-corrected chi connectivity index (χ2v) is 3.16. The fourth-order valence-electron chi connectivity index (χ4n) is 1.64. The Morgan fingerprint density at radius 2 is 2.18 bits per heavy atom. The molecule has 1 heterocycles. The highest BCUT2D eigenvalue weighted by Gasteiger charge is 2.14. The van der Waals surface area contributed by atoms with Crippen LogP contribution in [0, 0.1) is 0 Å². The first-order valence-electron chi connectivity index (χ1n) is 4.09. The van der Waals surface area contributed by atoms with Gasteiger partial charge in [0, 0.05) is 13.1 Å². The van der Waals surface area contributed by atoms with Crippen molar-refractivity contribution in [1.82, 2.24) is 5.32 Å². The fourth-order valence-corrected chi connectivity index (χ4v) is 1.64. The van der Waals surface area contributed by atoms with E-state index in [0.717, 1.165) is 13.1 Å². The fraction of sp³-hybridized carbons (Fsp3) is 0.400. The van der Waals surface area contributed by atoms with Gasteiger partial charge in [0.2, 0.25) is 0 Å². The lowest BCUT2D eigenvalue weighted by molar-refractivity contribution is 0.560. The number of nitrogens with zero attached hydrogens (tertiary/aromatic N) is 1. The van der Waals surface area contributed by atoms with Gasteiger partial charge >= 0.3 is 0 Å². The van der Waals surface area contributed by atoms with Crippen LogP contribution in [0.4, 0.5) is 0 Å². The number of hydrogen-bond donors (Lipinski definition) is 0. The van der Waals surface area contributed by atoms with Crippen molar-refractivity contribution in [3.63, 3.8) is 0 Å². The standard InChI is InChI=1S/C10H12N/c1-8-6-11-7-9-4-2-3-5-10(8)9/h2-5,8H,6-7H2,1H3. The highest BCUT2D eigenvalue weighted by atomic mass is 14.9. The highest BCUT2D eigenvalue weighted by molar-refractivity contribution is 5.31. The van der Waals surface area contributed by atoms with Crippen LogP contribution in [0.3, 0.4) is 0 Å². The van der Waals surface area contributed by atoms with Gasteiger partial charge in [-0.1, -0.05) is 31.2 Å². The molecule has 1 aliphatic heterocycles. The van der Waals surface area contributed by atoms with E-state index < -0.39 is 0 Å². The van der Waals surface area contributed by atoms with Crippen molar-refractivity contribution in [1.29, 1.82) is 0 Å². The Bertz CT molecular complexity index is 255. The summed E-state index contributed by atoms with van der Waals surface area (Å²) in [4.78, 5) is 0. The molecule has 1 aliphatic rings. The van der Waals surface area contributed by atoms with E-state index in [4.69, 9.17) is 0 Å². The van der Waals surface area contributed by atoms with Crippen molar-refractivity contribution in [2.24, 2.45) is 0 Å². The van der Waals surface area contributed by atoms with Crippen LogP contribution in [0.2, 0.25) is 0 Å². The third kappa shape index (κ3) is 1.16. The third-order valence-electron chi connectivity index (χ3n) is 2.27. The Kier molecular flexibility index (Phi) is 1.66. The summed E-state index contributed by atoms with van der Waals surface area (Å²) in [6, 6.07) is 8.59. The van der Waals surface area contributed by atoms with Crippen LogP contribution < -0.4 is 5.32 Å². The monoisotopic (exact) mass is 146 g/mol. The zero-order chi connectivity index (χ0) is 7.68. The van der Waals surface area contributed by atoms with Crippen LogP contribution >= 0.6 is 0 Å². The van der Waals surface area contributed by atoms with Gasteiger partial charge in [-0.15, -0.1) is 0 Å². The molecule has 0 spiro atoms. The molecule has 0 aliphatic carbocycles. The van der Waals surface area contributed by atoms with Gasteiger partial charge in [0.25, 0.3) is 0 Å². The summed E-state index contributed by atoms with van der Waals surface area (Å²) in [5.74, 6) is 0.625. The zero-order valence-electron chi connectivity index (χ0n) is 6.75. The van der Waals surface area contributed by atoms with Crippen LogP contribution in [-0.2, 0) is 6.54 Å². The van der Waals surface area contributed by atoms with E-state index in [-0.39, 0.29) is 0 Å². The molecule has 57 valence electrons. The Balaban J connectivity index is 2.44. The molecule has 0 aromatic heterocycles. The van der Waals surface area contributed by atoms with Crippen molar-refractivity contribution in [3.05, 3.63) is 35.4 Å². The molecule has 0 saturated carbocycles. The molecule has 0 N–H and O–H groups in total. The first kappa shape index (κ1) is 6.86. The van der Waals surface area contributed by atoms with Crippen LogP contribution in [0.15, 0.2) is 24.3 Å². The minimum absolute atomic E-state index is 0.625. The molecule has 0 amide bonds. The number of fused-ring (bicyclic) bond motifs is 1. The SMILES string of the molecule is CC1C[N]Cc2ccccc21. The molecule has 1 radical (unpaired) electrons. The second-order valence-electron chi connectivity index (χ2n) is 3.16. The summed E-state index contributed by atoms with van der Waals surface area (Å²) in [7, 11) is 0. The van der Waals surface area contributed by atoms with Gasteiger partial charge in [-0.3, -0.25) is 0 Å². The summed E-state index contributed by atoms with van der Waals surface area (Å²) in [5, 5.41) is 4.40. The molecule has 0 fully saturated rings. The minimum atomic E-state index is 0.625. The molecule has 0 bridgehead atoms. The Labute approximate surface area is 67.4 Å². The van der Waals surface area contributed by atoms with E-state index in [1.54, 1.807) is 0 Å². The summed E-state index contributed by atoms with van der Waals surface area (Å²) >= 11 is 0. The van der Waals surface area contributed by atoms with Gasteiger partial charge in [-0.2, -0.15) is 0 Å². The van der Waals surface area contributed by atoms with Crippen molar-refractivity contribution < 1.29 is 0 Å². The highest BCUT2D eigenvalue weighted by Crippen LogP contribution is 2.23. The maximum absolute atomic E-state index is 4.40. The molecule has 1 nitrogen and oxygen atoms in total. The van der Waals surface area contributed by atoms with Gasteiger partial charge in [0.05, 0.1) is 0 Å². The Morgan fingerprint density at radius 3 is 3.00 bits per heavy atom. The maximum Gasteiger partial charge on any atom is 0.0387 e. The molecule has 11 heavy (non-hydrogen) atoms. The van der Waals surface area contributed by atoms with Crippen LogP contribution in [-0.4, -0.2) is 6.54 Å². The van der Waals surface area contributed by atoms with Gasteiger partial charge in [0.1, 0.15) is 0 Å². The van der Waals surface area contributed by atoms with E-state index in [1.165, 1.54) is 11.1 Å². The Morgan fingerprint density at radius 1 is 1.36 bits per heavy atom. The topological polar surface area (TPSA) is 14.1 Å². The summed E-state index contributed by atoms with van der Waals surface area (Å²) < 4.78 is 0. The third-order valence-corrected chi connectivity index (χ3v) is 2.27. The molecule has 1 heteroatoms. The van der Waals surface area contributed by atoms with Crippen molar-refractivity contribution in [3.8, 4) is 0 Å². The summed E-state index contributed by atoms with van der Waals surface area (Å²) in [6.45, 7) is 4.15. The smallest absolute Gasteiger partial charge is 0.0387 e. The predicted octanol–water partition coefficient (Wildman–Crippen LogP) is 1.91. The molecule has 1 aromatic carbocycles. The first-order valence-corrected chi connectivity index (χ1v) is 4.09. The molecule has 2 rings (SSSR count). The lowest BCUT2D eigenvalue weighted by Crippen LogP contribution is -2.20. The second kappa shape index (κ2) is 2.67. The summed E-state index contributed by atoms with van der Waals surface area (Å²) in [5.41, 5.74) is 2.90. The van der Waals surface area contributed by atoms with E-state index in [0.29, 0.717) is 5.92 Å². The lowest BCUT2D eigenvalue weighted by atomic mass is 9.93. The van der Waals surface area contributed by atoms with E-state index in [1.807, 2.05) is 0 Å². The molecular weight excluding hydrogens is 134 g/mol. The van der Waals surface area contributed by atoms with E-state index >= 15 is 0 Å². The first-order chi connectivity index (χ1) is 5.38. The average Bonchev–Trinajstić information content (AvgIpc) is 2.06. The number of benzene rings is 1. The van der Waals surface area contributed by atoms with Gasteiger partial charge in [-0.25, -0.2) is 5.32 Å². The van der Waals surface area contributed by atoms with Crippen LogP contribution in [0.5, 0.6) is 0 Å². The van der Waals surface area contributed by atoms with Gasteiger partial charge in [-0.05, 0) is 17.0 Å². The Hall–Kier alpha value is -0.820. The molecule has 1 unspecified atom stereocenters. The lowest BCUT2D eigenvalue weighted by Gasteiger charge is -2.21. The normalized spacial score (nSPS) is 22.8. The quantitative estimate of drug-likeness (QED) is 0.531. The maximum atomic E-state index is 4.40. The van der Waals surface area contributed by atoms with Gasteiger partial charge < -0.3 is 0 Å². The van der Waals surface area contributed by atoms with E-state index in [9.17, 15) is 0 Å². The van der Waals surface area contributed by atoms with Crippen molar-refractivity contribution >= 4 is 0 Å². The van der Waals surface area contributed by atoms with Crippen LogP contribution in [0.25, 0.3) is 0 Å². The number of rotatable bonds is 0. The molecule has 1 aromatic rings. The van der Waals surface area contributed by atoms with Crippen molar-refractivity contribution in [2.45, 2.75) is 19.4 Å². The minimum Gasteiger partial charge on any atom is -0.236 e. The summed E-state index contributed by atoms with van der Waals surface area (Å²) in [6.07, 6.45) is 0. The predicted molar refractivity (Wildman–Crippen MR) is 45.6 cm³/mol.